The second-order valence-corrected chi connectivity index (χ2v) is 6.04. The number of carbonyl (C=O) groups is 2. The SMILES string of the molecule is NC(=O)c1ccc(OCC(F)F)c(NC(=O)c2ccc(-c3ccncc3)cc2)c1. The predicted molar refractivity (Wildman–Crippen MR) is 104 cm³/mol. The zero-order valence-electron chi connectivity index (χ0n) is 15.1. The van der Waals surface area contributed by atoms with Gasteiger partial charge < -0.3 is 15.8 Å². The van der Waals surface area contributed by atoms with E-state index in [-0.39, 0.29) is 17.0 Å². The molecule has 0 aliphatic rings. The number of nitrogens with zero attached hydrogens (tertiary/aromatic N) is 1. The molecule has 6 nitrogen and oxygen atoms in total. The topological polar surface area (TPSA) is 94.3 Å². The number of hydrogen-bond acceptors (Lipinski definition) is 4. The second kappa shape index (κ2) is 8.92. The van der Waals surface area contributed by atoms with Gasteiger partial charge in [-0.2, -0.15) is 0 Å². The summed E-state index contributed by atoms with van der Waals surface area (Å²) in [6.07, 6.45) is 0.653. The summed E-state index contributed by atoms with van der Waals surface area (Å²) in [6.45, 7) is -0.848. The minimum atomic E-state index is -2.69. The lowest BCUT2D eigenvalue weighted by Gasteiger charge is -2.13. The van der Waals surface area contributed by atoms with Crippen molar-refractivity contribution in [2.45, 2.75) is 6.43 Å². The van der Waals surface area contributed by atoms with Crippen LogP contribution in [0.15, 0.2) is 67.0 Å². The van der Waals surface area contributed by atoms with Gasteiger partial charge in [0.15, 0.2) is 0 Å². The van der Waals surface area contributed by atoms with Crippen LogP contribution in [0.2, 0.25) is 0 Å². The Balaban J connectivity index is 1.81. The van der Waals surface area contributed by atoms with Crippen LogP contribution in [0.1, 0.15) is 20.7 Å². The summed E-state index contributed by atoms with van der Waals surface area (Å²) in [5.41, 5.74) is 7.63. The van der Waals surface area contributed by atoms with Gasteiger partial charge in [-0.25, -0.2) is 8.78 Å². The first-order chi connectivity index (χ1) is 13.9. The van der Waals surface area contributed by atoms with Gasteiger partial charge in [-0.15, -0.1) is 0 Å². The van der Waals surface area contributed by atoms with Crippen molar-refractivity contribution in [1.29, 1.82) is 0 Å². The van der Waals surface area contributed by atoms with Crippen LogP contribution in [0.4, 0.5) is 14.5 Å². The lowest BCUT2D eigenvalue weighted by atomic mass is 10.0. The van der Waals surface area contributed by atoms with Gasteiger partial charge in [-0.1, -0.05) is 12.1 Å². The van der Waals surface area contributed by atoms with E-state index in [2.05, 4.69) is 10.3 Å². The Kier molecular flexibility index (Phi) is 6.13. The van der Waals surface area contributed by atoms with E-state index < -0.39 is 24.8 Å². The van der Waals surface area contributed by atoms with Crippen molar-refractivity contribution < 1.29 is 23.1 Å². The molecule has 148 valence electrons. The molecule has 2 amide bonds. The van der Waals surface area contributed by atoms with Crippen LogP contribution in [-0.2, 0) is 0 Å². The van der Waals surface area contributed by atoms with Gasteiger partial charge >= 0.3 is 0 Å². The summed E-state index contributed by atoms with van der Waals surface area (Å²) in [7, 11) is 0. The molecule has 2 aromatic carbocycles. The molecule has 0 aliphatic heterocycles. The Morgan fingerprint density at radius 1 is 0.966 bits per heavy atom. The van der Waals surface area contributed by atoms with Gasteiger partial charge in [0.25, 0.3) is 12.3 Å². The number of anilines is 1. The number of pyridine rings is 1. The number of halogens is 2. The van der Waals surface area contributed by atoms with Crippen molar-refractivity contribution in [3.05, 3.63) is 78.1 Å². The highest BCUT2D eigenvalue weighted by atomic mass is 19.3. The molecule has 0 bridgehead atoms. The zero-order chi connectivity index (χ0) is 20.8. The third kappa shape index (κ3) is 5.13. The van der Waals surface area contributed by atoms with E-state index >= 15 is 0 Å². The lowest BCUT2D eigenvalue weighted by molar-refractivity contribution is 0.0821. The number of rotatable bonds is 7. The first-order valence-electron chi connectivity index (χ1n) is 8.60. The normalized spacial score (nSPS) is 10.6. The Morgan fingerprint density at radius 3 is 2.21 bits per heavy atom. The number of primary amides is 1. The van der Waals surface area contributed by atoms with Gasteiger partial charge in [0, 0.05) is 23.5 Å². The van der Waals surface area contributed by atoms with Crippen LogP contribution in [0.25, 0.3) is 11.1 Å². The number of carbonyl (C=O) groups excluding carboxylic acids is 2. The first kappa shape index (κ1) is 19.9. The third-order valence-electron chi connectivity index (χ3n) is 4.04. The molecule has 29 heavy (non-hydrogen) atoms. The molecule has 0 fully saturated rings. The van der Waals surface area contributed by atoms with Crippen molar-refractivity contribution in [2.24, 2.45) is 5.73 Å². The standard InChI is InChI=1S/C21H17F2N3O3/c22-19(23)12-29-18-6-5-16(20(24)27)11-17(18)26-21(28)15-3-1-13(2-4-15)14-7-9-25-10-8-14/h1-11,19H,12H2,(H2,24,27)(H,26,28). The number of nitrogens with one attached hydrogen (secondary N) is 1. The van der Waals surface area contributed by atoms with Crippen molar-refractivity contribution in [1.82, 2.24) is 4.98 Å². The minimum absolute atomic E-state index is 0.0112. The molecule has 1 aromatic heterocycles. The van der Waals surface area contributed by atoms with E-state index in [1.807, 2.05) is 12.1 Å². The summed E-state index contributed by atoms with van der Waals surface area (Å²) >= 11 is 0. The van der Waals surface area contributed by atoms with Gasteiger partial charge in [-0.05, 0) is 53.6 Å². The maximum Gasteiger partial charge on any atom is 0.272 e. The maximum absolute atomic E-state index is 12.6. The van der Waals surface area contributed by atoms with Crippen LogP contribution in [-0.4, -0.2) is 29.8 Å². The van der Waals surface area contributed by atoms with Gasteiger partial charge in [0.2, 0.25) is 5.91 Å². The summed E-state index contributed by atoms with van der Waals surface area (Å²) in [4.78, 5) is 28.0. The first-order valence-corrected chi connectivity index (χ1v) is 8.60. The van der Waals surface area contributed by atoms with Crippen molar-refractivity contribution in [3.63, 3.8) is 0 Å². The van der Waals surface area contributed by atoms with E-state index in [4.69, 9.17) is 10.5 Å². The zero-order valence-corrected chi connectivity index (χ0v) is 15.1. The molecule has 0 atom stereocenters. The highest BCUT2D eigenvalue weighted by molar-refractivity contribution is 6.06. The summed E-state index contributed by atoms with van der Waals surface area (Å²) in [6, 6.07) is 14.4. The minimum Gasteiger partial charge on any atom is -0.485 e. The van der Waals surface area contributed by atoms with Crippen molar-refractivity contribution >= 4 is 17.5 Å². The molecular formula is C21H17F2N3O3. The maximum atomic E-state index is 12.6. The Bertz CT molecular complexity index is 1010. The van der Waals surface area contributed by atoms with E-state index in [9.17, 15) is 18.4 Å². The Morgan fingerprint density at radius 2 is 1.59 bits per heavy atom. The number of aromatic nitrogens is 1. The van der Waals surface area contributed by atoms with Crippen LogP contribution in [0, 0.1) is 0 Å². The summed E-state index contributed by atoms with van der Waals surface area (Å²) in [5, 5.41) is 2.58. The fraction of sp³-hybridized carbons (Fsp3) is 0.0952. The highest BCUT2D eigenvalue weighted by Crippen LogP contribution is 2.27. The highest BCUT2D eigenvalue weighted by Gasteiger charge is 2.14. The predicted octanol–water partition coefficient (Wildman–Crippen LogP) is 3.74. The molecule has 0 saturated carbocycles. The van der Waals surface area contributed by atoms with Crippen LogP contribution in [0.5, 0.6) is 5.75 Å². The van der Waals surface area contributed by atoms with E-state index in [1.54, 1.807) is 36.7 Å². The van der Waals surface area contributed by atoms with Crippen molar-refractivity contribution in [3.8, 4) is 16.9 Å². The molecule has 3 N–H and O–H groups in total. The summed E-state index contributed by atoms with van der Waals surface area (Å²) in [5.74, 6) is -1.20. The Labute approximate surface area is 165 Å². The molecule has 1 heterocycles. The molecule has 0 unspecified atom stereocenters. The molecule has 0 spiro atoms. The smallest absolute Gasteiger partial charge is 0.272 e. The molecule has 0 saturated heterocycles. The number of alkyl halides is 2. The number of amides is 2. The molecule has 8 heteroatoms. The van der Waals surface area contributed by atoms with Crippen LogP contribution < -0.4 is 15.8 Å². The van der Waals surface area contributed by atoms with Crippen molar-refractivity contribution in [2.75, 3.05) is 11.9 Å². The second-order valence-electron chi connectivity index (χ2n) is 6.04. The van der Waals surface area contributed by atoms with Gasteiger partial charge in [0.05, 0.1) is 5.69 Å². The van der Waals surface area contributed by atoms with E-state index in [0.717, 1.165) is 11.1 Å². The average Bonchev–Trinajstić information content (AvgIpc) is 2.73. The molecule has 0 radical (unpaired) electrons. The average molecular weight is 397 g/mol. The van der Waals surface area contributed by atoms with Gasteiger partial charge in [0.1, 0.15) is 12.4 Å². The lowest BCUT2D eigenvalue weighted by Crippen LogP contribution is -2.16. The number of nitrogens with two attached hydrogens (primary N) is 1. The summed E-state index contributed by atoms with van der Waals surface area (Å²) < 4.78 is 30.0. The number of benzene rings is 2. The fourth-order valence-corrected chi connectivity index (χ4v) is 2.61. The Hall–Kier alpha value is -3.81. The van der Waals surface area contributed by atoms with Crippen LogP contribution in [0.3, 0.4) is 0 Å². The third-order valence-corrected chi connectivity index (χ3v) is 4.04. The van der Waals surface area contributed by atoms with Gasteiger partial charge in [-0.3, -0.25) is 14.6 Å². The van der Waals surface area contributed by atoms with E-state index in [0.29, 0.717) is 5.56 Å². The number of ether oxygens (including phenoxy) is 1. The quantitative estimate of drug-likeness (QED) is 0.635. The largest absolute Gasteiger partial charge is 0.485 e. The number of hydrogen-bond donors (Lipinski definition) is 2. The molecular weight excluding hydrogens is 380 g/mol. The fourth-order valence-electron chi connectivity index (χ4n) is 2.61. The molecule has 0 aliphatic carbocycles. The van der Waals surface area contributed by atoms with Crippen LogP contribution >= 0.6 is 0 Å². The monoisotopic (exact) mass is 397 g/mol. The molecule has 3 aromatic rings. The molecule has 3 rings (SSSR count). The van der Waals surface area contributed by atoms with E-state index in [1.165, 1.54) is 18.2 Å².